The van der Waals surface area contributed by atoms with Gasteiger partial charge in [0.1, 0.15) is 28.9 Å². The minimum Gasteiger partial charge on any atom is -0.497 e. The number of nitrogens with one attached hydrogen (secondary N) is 2. The van der Waals surface area contributed by atoms with Crippen LogP contribution in [0, 0.1) is 11.6 Å². The van der Waals surface area contributed by atoms with E-state index in [0.717, 1.165) is 23.4 Å². The van der Waals surface area contributed by atoms with Crippen molar-refractivity contribution < 1.29 is 18.3 Å². The molecule has 0 aliphatic rings. The van der Waals surface area contributed by atoms with Gasteiger partial charge in [0.25, 0.3) is 5.91 Å². The zero-order valence-corrected chi connectivity index (χ0v) is 14.4. The number of nitrogens with zero attached hydrogens (tertiary/aromatic N) is 2. The predicted molar refractivity (Wildman–Crippen MR) is 96.7 cm³/mol. The van der Waals surface area contributed by atoms with E-state index >= 15 is 0 Å². The van der Waals surface area contributed by atoms with Crippen LogP contribution in [0.25, 0.3) is 0 Å². The Kier molecular flexibility index (Phi) is 5.55. The van der Waals surface area contributed by atoms with E-state index in [0.29, 0.717) is 12.4 Å². The van der Waals surface area contributed by atoms with Gasteiger partial charge in [0, 0.05) is 6.54 Å². The number of carbonyl (C=O) groups is 1. The zero-order valence-electron chi connectivity index (χ0n) is 14.4. The maximum Gasteiger partial charge on any atom is 0.276 e. The number of hydrogen-bond donors (Lipinski definition) is 2. The lowest BCUT2D eigenvalue weighted by Gasteiger charge is -2.08. The van der Waals surface area contributed by atoms with Gasteiger partial charge in [-0.15, -0.1) is 10.2 Å². The minimum absolute atomic E-state index is 0.0624. The van der Waals surface area contributed by atoms with Crippen molar-refractivity contribution in [3.8, 4) is 5.75 Å². The topological polar surface area (TPSA) is 76.1 Å². The Morgan fingerprint density at radius 2 is 1.70 bits per heavy atom. The summed E-state index contributed by atoms with van der Waals surface area (Å²) >= 11 is 0. The molecule has 0 atom stereocenters. The molecule has 0 bridgehead atoms. The molecule has 8 heteroatoms. The molecule has 0 aliphatic heterocycles. The molecule has 1 amide bonds. The third-order valence-electron chi connectivity index (χ3n) is 3.73. The van der Waals surface area contributed by atoms with E-state index in [1.54, 1.807) is 13.2 Å². The van der Waals surface area contributed by atoms with Crippen molar-refractivity contribution in [1.82, 2.24) is 10.2 Å². The molecule has 0 spiro atoms. The first-order valence-corrected chi connectivity index (χ1v) is 8.02. The largest absolute Gasteiger partial charge is 0.497 e. The number of carbonyl (C=O) groups excluding carboxylic acids is 1. The molecule has 0 saturated carbocycles. The quantitative estimate of drug-likeness (QED) is 0.693. The van der Waals surface area contributed by atoms with Gasteiger partial charge in [0.15, 0.2) is 5.69 Å². The van der Waals surface area contributed by atoms with Crippen molar-refractivity contribution in [2.75, 3.05) is 17.7 Å². The number of hydrogen-bond acceptors (Lipinski definition) is 5. The molecular weight excluding hydrogens is 354 g/mol. The fourth-order valence-corrected chi connectivity index (χ4v) is 2.28. The number of para-hydroxylation sites is 1. The van der Waals surface area contributed by atoms with E-state index < -0.39 is 23.2 Å². The van der Waals surface area contributed by atoms with Crippen molar-refractivity contribution >= 4 is 17.4 Å². The Hall–Kier alpha value is -3.55. The van der Waals surface area contributed by atoms with Crippen LogP contribution in [-0.2, 0) is 6.54 Å². The molecule has 0 aliphatic carbocycles. The van der Waals surface area contributed by atoms with Gasteiger partial charge in [-0.25, -0.2) is 8.78 Å². The smallest absolute Gasteiger partial charge is 0.276 e. The number of methoxy groups -OCH3 is 1. The summed E-state index contributed by atoms with van der Waals surface area (Å²) in [5.41, 5.74) is 0.424. The van der Waals surface area contributed by atoms with E-state index in [1.807, 2.05) is 24.3 Å². The Bertz CT molecular complexity index is 911. The molecule has 3 aromatic rings. The molecule has 0 unspecified atom stereocenters. The Morgan fingerprint density at radius 3 is 2.30 bits per heavy atom. The van der Waals surface area contributed by atoms with E-state index in [9.17, 15) is 13.6 Å². The minimum atomic E-state index is -0.867. The maximum atomic E-state index is 13.6. The summed E-state index contributed by atoms with van der Waals surface area (Å²) in [6.45, 7) is 0.505. The lowest BCUT2D eigenvalue weighted by molar-refractivity contribution is 0.102. The first kappa shape index (κ1) is 18.2. The van der Waals surface area contributed by atoms with Crippen molar-refractivity contribution in [3.63, 3.8) is 0 Å². The summed E-state index contributed by atoms with van der Waals surface area (Å²) in [6.07, 6.45) is 0. The molecule has 1 aromatic heterocycles. The molecule has 0 radical (unpaired) electrons. The van der Waals surface area contributed by atoms with E-state index in [4.69, 9.17) is 4.74 Å². The van der Waals surface area contributed by atoms with Crippen LogP contribution >= 0.6 is 0 Å². The highest BCUT2D eigenvalue weighted by molar-refractivity contribution is 6.02. The van der Waals surface area contributed by atoms with Gasteiger partial charge in [0.05, 0.1) is 7.11 Å². The average molecular weight is 370 g/mol. The molecule has 2 aromatic carbocycles. The second kappa shape index (κ2) is 8.22. The second-order valence-corrected chi connectivity index (χ2v) is 5.56. The molecule has 27 heavy (non-hydrogen) atoms. The number of halogens is 2. The lowest BCUT2D eigenvalue weighted by atomic mass is 10.2. The number of rotatable bonds is 6. The number of aromatic nitrogens is 2. The highest BCUT2D eigenvalue weighted by atomic mass is 19.1. The summed E-state index contributed by atoms with van der Waals surface area (Å²) in [4.78, 5) is 12.1. The van der Waals surface area contributed by atoms with Crippen LogP contribution < -0.4 is 15.4 Å². The van der Waals surface area contributed by atoms with Gasteiger partial charge in [-0.3, -0.25) is 4.79 Å². The van der Waals surface area contributed by atoms with E-state index in [2.05, 4.69) is 20.8 Å². The second-order valence-electron chi connectivity index (χ2n) is 5.56. The van der Waals surface area contributed by atoms with Crippen LogP contribution in [0.1, 0.15) is 16.1 Å². The van der Waals surface area contributed by atoms with Crippen molar-refractivity contribution in [1.29, 1.82) is 0 Å². The maximum absolute atomic E-state index is 13.6. The fraction of sp³-hybridized carbons (Fsp3) is 0.105. The molecule has 6 nitrogen and oxygen atoms in total. The van der Waals surface area contributed by atoms with Gasteiger partial charge < -0.3 is 15.4 Å². The summed E-state index contributed by atoms with van der Waals surface area (Å²) < 4.78 is 32.3. The Labute approximate surface area is 154 Å². The zero-order chi connectivity index (χ0) is 19.2. The summed E-state index contributed by atoms with van der Waals surface area (Å²) in [6, 6.07) is 13.8. The molecule has 2 N–H and O–H groups in total. The van der Waals surface area contributed by atoms with Gasteiger partial charge >= 0.3 is 0 Å². The number of amides is 1. The third kappa shape index (κ3) is 4.55. The van der Waals surface area contributed by atoms with Crippen LogP contribution in [0.5, 0.6) is 5.75 Å². The van der Waals surface area contributed by atoms with Gasteiger partial charge in [-0.2, -0.15) is 0 Å². The Morgan fingerprint density at radius 1 is 1.00 bits per heavy atom. The summed E-state index contributed by atoms with van der Waals surface area (Å²) in [5.74, 6) is -1.27. The molecule has 0 fully saturated rings. The third-order valence-corrected chi connectivity index (χ3v) is 3.73. The Balaban J connectivity index is 1.61. The van der Waals surface area contributed by atoms with Crippen LogP contribution in [0.3, 0.4) is 0 Å². The molecule has 1 heterocycles. The number of anilines is 2. The summed E-state index contributed by atoms with van der Waals surface area (Å²) in [5, 5.41) is 12.9. The van der Waals surface area contributed by atoms with Gasteiger partial charge in [0.2, 0.25) is 0 Å². The normalized spacial score (nSPS) is 10.3. The number of benzene rings is 2. The van der Waals surface area contributed by atoms with Crippen LogP contribution in [0.15, 0.2) is 54.6 Å². The average Bonchev–Trinajstić information content (AvgIpc) is 2.70. The molecular formula is C19H16F2N4O2. The molecule has 3 rings (SSSR count). The number of ether oxygens (including phenoxy) is 1. The summed E-state index contributed by atoms with van der Waals surface area (Å²) in [7, 11) is 1.60. The van der Waals surface area contributed by atoms with Crippen molar-refractivity contribution in [2.24, 2.45) is 0 Å². The van der Waals surface area contributed by atoms with Gasteiger partial charge in [-0.1, -0.05) is 18.2 Å². The van der Waals surface area contributed by atoms with E-state index in [1.165, 1.54) is 12.1 Å². The van der Waals surface area contributed by atoms with Gasteiger partial charge in [-0.05, 0) is 42.0 Å². The first-order chi connectivity index (χ1) is 13.1. The van der Waals surface area contributed by atoms with Crippen LogP contribution in [0.4, 0.5) is 20.3 Å². The van der Waals surface area contributed by atoms with E-state index in [-0.39, 0.29) is 5.69 Å². The SMILES string of the molecule is COc1ccc(CNc2ccc(C(=O)Nc3c(F)cccc3F)nn2)cc1. The molecule has 0 saturated heterocycles. The monoisotopic (exact) mass is 370 g/mol. The van der Waals surface area contributed by atoms with Crippen LogP contribution in [-0.4, -0.2) is 23.2 Å². The predicted octanol–water partition coefficient (Wildman–Crippen LogP) is 3.63. The van der Waals surface area contributed by atoms with Crippen molar-refractivity contribution in [2.45, 2.75) is 6.54 Å². The highest BCUT2D eigenvalue weighted by Crippen LogP contribution is 2.19. The molecule has 138 valence electrons. The fourth-order valence-electron chi connectivity index (χ4n) is 2.28. The standard InChI is InChI=1S/C19H16F2N4O2/c1-27-13-7-5-12(6-8-13)11-22-17-10-9-16(24-25-17)19(26)23-18-14(20)3-2-4-15(18)21/h2-10H,11H2,1H3,(H,22,25)(H,23,26). The van der Waals surface area contributed by atoms with Crippen molar-refractivity contribution in [3.05, 3.63) is 77.5 Å². The highest BCUT2D eigenvalue weighted by Gasteiger charge is 2.14. The first-order valence-electron chi connectivity index (χ1n) is 8.02. The van der Waals surface area contributed by atoms with Crippen LogP contribution in [0.2, 0.25) is 0 Å². The lowest BCUT2D eigenvalue weighted by Crippen LogP contribution is -2.16.